The molecular weight excluding hydrogens is 118 g/mol. The lowest BCUT2D eigenvalue weighted by atomic mass is 10.2. The fourth-order valence-corrected chi connectivity index (χ4v) is 0.607. The molecule has 0 saturated heterocycles. The van der Waals surface area contributed by atoms with E-state index in [1.54, 1.807) is 0 Å². The first-order chi connectivity index (χ1) is 3.68. The fraction of sp³-hybridized carbons (Fsp3) is 0.667. The van der Waals surface area contributed by atoms with E-state index in [9.17, 15) is 0 Å². The van der Waals surface area contributed by atoms with E-state index in [0.717, 1.165) is 17.7 Å². The van der Waals surface area contributed by atoms with Crippen molar-refractivity contribution in [3.63, 3.8) is 0 Å². The number of hydrogen-bond acceptors (Lipinski definition) is 2. The summed E-state index contributed by atoms with van der Waals surface area (Å²) < 4.78 is 0. The van der Waals surface area contributed by atoms with Crippen LogP contribution >= 0.6 is 12.6 Å². The van der Waals surface area contributed by atoms with E-state index in [-0.39, 0.29) is 6.04 Å². The van der Waals surface area contributed by atoms with Crippen molar-refractivity contribution in [2.45, 2.75) is 25.8 Å². The molecular formula is C6H13NS. The van der Waals surface area contributed by atoms with E-state index in [2.05, 4.69) is 26.1 Å². The Morgan fingerprint density at radius 1 is 1.88 bits per heavy atom. The van der Waals surface area contributed by atoms with Crippen LogP contribution in [-0.2, 0) is 0 Å². The first kappa shape index (κ1) is 8.05. The molecule has 0 spiro atoms. The van der Waals surface area contributed by atoms with Crippen molar-refractivity contribution in [3.8, 4) is 0 Å². The average molecular weight is 131 g/mol. The molecule has 0 rings (SSSR count). The zero-order valence-electron chi connectivity index (χ0n) is 5.22. The van der Waals surface area contributed by atoms with E-state index < -0.39 is 0 Å². The molecule has 8 heavy (non-hydrogen) atoms. The molecule has 1 atom stereocenters. The van der Waals surface area contributed by atoms with Gasteiger partial charge in [-0.2, -0.15) is 0 Å². The Hall–Kier alpha value is 0.0500. The standard InChI is InChI=1S/C6H13NS/c1-3-4-6(7)5(2)8/h6,8H,2-4,7H2,1H3. The molecule has 1 unspecified atom stereocenters. The van der Waals surface area contributed by atoms with Crippen molar-refractivity contribution in [3.05, 3.63) is 11.5 Å². The first-order valence-corrected chi connectivity index (χ1v) is 3.26. The van der Waals surface area contributed by atoms with Crippen LogP contribution in [0.4, 0.5) is 0 Å². The van der Waals surface area contributed by atoms with Crippen LogP contribution < -0.4 is 5.73 Å². The predicted octanol–water partition coefficient (Wildman–Crippen LogP) is 1.56. The largest absolute Gasteiger partial charge is 0.324 e. The van der Waals surface area contributed by atoms with Crippen molar-refractivity contribution < 1.29 is 0 Å². The summed E-state index contributed by atoms with van der Waals surface area (Å²) in [5.41, 5.74) is 5.55. The van der Waals surface area contributed by atoms with Crippen molar-refractivity contribution >= 4 is 12.6 Å². The van der Waals surface area contributed by atoms with Gasteiger partial charge in [0.2, 0.25) is 0 Å². The molecule has 48 valence electrons. The van der Waals surface area contributed by atoms with Gasteiger partial charge >= 0.3 is 0 Å². The number of nitrogens with two attached hydrogens (primary N) is 1. The van der Waals surface area contributed by atoms with Gasteiger partial charge in [-0.1, -0.05) is 19.9 Å². The molecule has 0 aromatic carbocycles. The molecule has 1 nitrogen and oxygen atoms in total. The normalized spacial score (nSPS) is 13.4. The van der Waals surface area contributed by atoms with Crippen LogP contribution in [0.2, 0.25) is 0 Å². The van der Waals surface area contributed by atoms with Crippen molar-refractivity contribution in [2.24, 2.45) is 5.73 Å². The van der Waals surface area contributed by atoms with Crippen molar-refractivity contribution in [2.75, 3.05) is 0 Å². The maximum atomic E-state index is 5.55. The molecule has 0 bridgehead atoms. The zero-order valence-corrected chi connectivity index (χ0v) is 6.12. The van der Waals surface area contributed by atoms with E-state index in [4.69, 9.17) is 5.73 Å². The average Bonchev–Trinajstić information content (AvgIpc) is 1.67. The Morgan fingerprint density at radius 3 is 2.50 bits per heavy atom. The Bertz CT molecular complexity index is 80.6. The van der Waals surface area contributed by atoms with Gasteiger partial charge in [-0.15, -0.1) is 12.6 Å². The highest BCUT2D eigenvalue weighted by Gasteiger charge is 1.98. The first-order valence-electron chi connectivity index (χ1n) is 2.81. The van der Waals surface area contributed by atoms with E-state index in [0.29, 0.717) is 0 Å². The molecule has 2 N–H and O–H groups in total. The van der Waals surface area contributed by atoms with Crippen LogP contribution in [0.25, 0.3) is 0 Å². The van der Waals surface area contributed by atoms with Crippen molar-refractivity contribution in [1.29, 1.82) is 0 Å². The molecule has 2 heteroatoms. The Labute approximate surface area is 56.4 Å². The topological polar surface area (TPSA) is 26.0 Å². The minimum Gasteiger partial charge on any atom is -0.324 e. The Balaban J connectivity index is 3.32. The van der Waals surface area contributed by atoms with Crippen LogP contribution in [0.15, 0.2) is 11.5 Å². The Kier molecular flexibility index (Phi) is 4.01. The van der Waals surface area contributed by atoms with Gasteiger partial charge in [0.15, 0.2) is 0 Å². The lowest BCUT2D eigenvalue weighted by Crippen LogP contribution is -2.18. The fourth-order valence-electron chi connectivity index (χ4n) is 0.478. The van der Waals surface area contributed by atoms with E-state index in [1.165, 1.54) is 0 Å². The van der Waals surface area contributed by atoms with Gasteiger partial charge in [-0.05, 0) is 11.3 Å². The highest BCUT2D eigenvalue weighted by atomic mass is 32.1. The second-order valence-electron chi connectivity index (χ2n) is 1.89. The Morgan fingerprint density at radius 2 is 2.38 bits per heavy atom. The molecule has 0 aliphatic carbocycles. The van der Waals surface area contributed by atoms with Gasteiger partial charge in [0.05, 0.1) is 0 Å². The number of hydrogen-bond donors (Lipinski definition) is 2. The van der Waals surface area contributed by atoms with Gasteiger partial charge in [0.25, 0.3) is 0 Å². The van der Waals surface area contributed by atoms with Gasteiger partial charge in [0, 0.05) is 6.04 Å². The molecule has 0 aromatic rings. The third kappa shape index (κ3) is 3.10. The maximum absolute atomic E-state index is 5.55. The third-order valence-corrected chi connectivity index (χ3v) is 1.36. The summed E-state index contributed by atoms with van der Waals surface area (Å²) in [6.07, 6.45) is 2.09. The summed E-state index contributed by atoms with van der Waals surface area (Å²) in [5.74, 6) is 0. The van der Waals surface area contributed by atoms with E-state index >= 15 is 0 Å². The van der Waals surface area contributed by atoms with Gasteiger partial charge in [0.1, 0.15) is 0 Å². The third-order valence-electron chi connectivity index (χ3n) is 1.03. The van der Waals surface area contributed by atoms with E-state index in [1.807, 2.05) is 0 Å². The molecule has 0 aromatic heterocycles. The van der Waals surface area contributed by atoms with Crippen LogP contribution in [0.5, 0.6) is 0 Å². The zero-order chi connectivity index (χ0) is 6.57. The molecule has 0 amide bonds. The van der Waals surface area contributed by atoms with Gasteiger partial charge < -0.3 is 5.73 Å². The monoisotopic (exact) mass is 131 g/mol. The summed E-state index contributed by atoms with van der Waals surface area (Å²) in [6, 6.07) is 0.0864. The van der Waals surface area contributed by atoms with Crippen molar-refractivity contribution in [1.82, 2.24) is 0 Å². The minimum atomic E-state index is 0.0864. The smallest absolute Gasteiger partial charge is 0.0346 e. The summed E-state index contributed by atoms with van der Waals surface area (Å²) in [4.78, 5) is 0.784. The van der Waals surface area contributed by atoms with Gasteiger partial charge in [-0.3, -0.25) is 0 Å². The maximum Gasteiger partial charge on any atom is 0.0346 e. The molecule has 0 radical (unpaired) electrons. The van der Waals surface area contributed by atoms with Crippen LogP contribution in [-0.4, -0.2) is 6.04 Å². The minimum absolute atomic E-state index is 0.0864. The number of thiol groups is 1. The molecule has 0 fully saturated rings. The summed E-state index contributed by atoms with van der Waals surface area (Å²) in [6.45, 7) is 5.71. The summed E-state index contributed by atoms with van der Waals surface area (Å²) in [7, 11) is 0. The van der Waals surface area contributed by atoms with Gasteiger partial charge in [-0.25, -0.2) is 0 Å². The highest BCUT2D eigenvalue weighted by molar-refractivity contribution is 7.84. The summed E-state index contributed by atoms with van der Waals surface area (Å²) >= 11 is 4.01. The SMILES string of the molecule is C=C(S)C(N)CCC. The second kappa shape index (κ2) is 3.98. The molecule has 0 aliphatic rings. The van der Waals surface area contributed by atoms with Crippen LogP contribution in [0, 0.1) is 0 Å². The molecule has 0 aliphatic heterocycles. The highest BCUT2D eigenvalue weighted by Crippen LogP contribution is 2.06. The molecule has 0 saturated carbocycles. The van der Waals surface area contributed by atoms with Crippen LogP contribution in [0.1, 0.15) is 19.8 Å². The molecule has 0 heterocycles. The summed E-state index contributed by atoms with van der Waals surface area (Å²) in [5, 5.41) is 0. The lowest BCUT2D eigenvalue weighted by Gasteiger charge is -2.06. The van der Waals surface area contributed by atoms with Crippen LogP contribution in [0.3, 0.4) is 0 Å². The lowest BCUT2D eigenvalue weighted by molar-refractivity contribution is 0.698. The predicted molar refractivity (Wildman–Crippen MR) is 41.0 cm³/mol. The number of rotatable bonds is 3. The second-order valence-corrected chi connectivity index (χ2v) is 2.46. The quantitative estimate of drug-likeness (QED) is 0.558.